The molecule has 0 saturated carbocycles. The van der Waals surface area contributed by atoms with E-state index >= 15 is 0 Å². The standard InChI is InChI=1S/C20H27NO5/c1-2-26-17-8-6-16(7-9-17)18(22)10-11-19(23)21-13-3-4-15(14-21)5-12-20(24)25/h6-9,15H,2-5,10-14H2,1H3,(H,24,25). The lowest BCUT2D eigenvalue weighted by Crippen LogP contribution is -2.40. The molecule has 0 bridgehead atoms. The number of ketones is 1. The number of hydrogen-bond donors (Lipinski definition) is 1. The quantitative estimate of drug-likeness (QED) is 0.683. The van der Waals surface area contributed by atoms with E-state index < -0.39 is 5.97 Å². The first-order valence-corrected chi connectivity index (χ1v) is 9.25. The van der Waals surface area contributed by atoms with E-state index in [0.29, 0.717) is 31.7 Å². The van der Waals surface area contributed by atoms with Crippen LogP contribution in [0, 0.1) is 5.92 Å². The number of benzene rings is 1. The molecule has 1 unspecified atom stereocenters. The topological polar surface area (TPSA) is 83.9 Å². The molecule has 0 spiro atoms. The molecule has 1 saturated heterocycles. The van der Waals surface area contributed by atoms with Gasteiger partial charge in [0.2, 0.25) is 5.91 Å². The monoisotopic (exact) mass is 361 g/mol. The number of carboxylic acid groups (broad SMARTS) is 1. The highest BCUT2D eigenvalue weighted by Crippen LogP contribution is 2.22. The molecule has 6 heteroatoms. The van der Waals surface area contributed by atoms with Crippen molar-refractivity contribution in [2.24, 2.45) is 5.92 Å². The Morgan fingerprint density at radius 2 is 1.88 bits per heavy atom. The second kappa shape index (κ2) is 9.94. The van der Waals surface area contributed by atoms with Crippen LogP contribution in [0.2, 0.25) is 0 Å². The molecule has 0 radical (unpaired) electrons. The van der Waals surface area contributed by atoms with E-state index in [1.807, 2.05) is 6.92 Å². The highest BCUT2D eigenvalue weighted by atomic mass is 16.5. The van der Waals surface area contributed by atoms with Crippen molar-refractivity contribution in [3.8, 4) is 5.75 Å². The number of piperidine rings is 1. The molecule has 1 atom stereocenters. The zero-order valence-electron chi connectivity index (χ0n) is 15.3. The number of amides is 1. The second-order valence-corrected chi connectivity index (χ2v) is 6.66. The summed E-state index contributed by atoms with van der Waals surface area (Å²) in [6.07, 6.45) is 2.97. The molecule has 1 aliphatic heterocycles. The van der Waals surface area contributed by atoms with Crippen LogP contribution < -0.4 is 4.74 Å². The van der Waals surface area contributed by atoms with Crippen LogP contribution in [-0.2, 0) is 9.59 Å². The maximum atomic E-state index is 12.4. The number of carbonyl (C=O) groups is 3. The van der Waals surface area contributed by atoms with Gasteiger partial charge in [-0.05, 0) is 56.4 Å². The van der Waals surface area contributed by atoms with Crippen LogP contribution in [0.1, 0.15) is 55.8 Å². The van der Waals surface area contributed by atoms with Gasteiger partial charge in [-0.2, -0.15) is 0 Å². The summed E-state index contributed by atoms with van der Waals surface area (Å²) in [5.41, 5.74) is 0.583. The number of aliphatic carboxylic acids is 1. The molecule has 6 nitrogen and oxygen atoms in total. The third-order valence-electron chi connectivity index (χ3n) is 4.69. The van der Waals surface area contributed by atoms with Gasteiger partial charge < -0.3 is 14.7 Å². The van der Waals surface area contributed by atoms with Gasteiger partial charge in [0.1, 0.15) is 5.75 Å². The van der Waals surface area contributed by atoms with Crippen LogP contribution >= 0.6 is 0 Å². The highest BCUT2D eigenvalue weighted by molar-refractivity contribution is 5.98. The molecular weight excluding hydrogens is 334 g/mol. The maximum Gasteiger partial charge on any atom is 0.303 e. The van der Waals surface area contributed by atoms with E-state index in [-0.39, 0.29) is 36.9 Å². The van der Waals surface area contributed by atoms with E-state index in [0.717, 1.165) is 18.6 Å². The number of hydrogen-bond acceptors (Lipinski definition) is 4. The number of nitrogens with zero attached hydrogens (tertiary/aromatic N) is 1. The van der Waals surface area contributed by atoms with Gasteiger partial charge in [0, 0.05) is 37.9 Å². The van der Waals surface area contributed by atoms with Crippen LogP contribution in [-0.4, -0.2) is 47.4 Å². The fourth-order valence-corrected chi connectivity index (χ4v) is 3.28. The third kappa shape index (κ3) is 6.17. The summed E-state index contributed by atoms with van der Waals surface area (Å²) in [5.74, 6) is 0.0889. The zero-order chi connectivity index (χ0) is 18.9. The largest absolute Gasteiger partial charge is 0.494 e. The summed E-state index contributed by atoms with van der Waals surface area (Å²) in [5, 5.41) is 8.79. The molecule has 26 heavy (non-hydrogen) atoms. The van der Waals surface area contributed by atoms with E-state index in [9.17, 15) is 14.4 Å². The molecule has 0 aliphatic carbocycles. The van der Waals surface area contributed by atoms with E-state index in [4.69, 9.17) is 9.84 Å². The van der Waals surface area contributed by atoms with E-state index in [2.05, 4.69) is 0 Å². The number of ether oxygens (including phenoxy) is 1. The van der Waals surface area contributed by atoms with Crippen molar-refractivity contribution in [3.63, 3.8) is 0 Å². The predicted molar refractivity (Wildman–Crippen MR) is 97.3 cm³/mol. The molecule has 0 aromatic heterocycles. The molecule has 1 amide bonds. The lowest BCUT2D eigenvalue weighted by molar-refractivity contribution is -0.137. The number of likely N-dealkylation sites (tertiary alicyclic amines) is 1. The number of Topliss-reactive ketones (excluding diaryl/α,β-unsaturated/α-hetero) is 1. The highest BCUT2D eigenvalue weighted by Gasteiger charge is 2.24. The summed E-state index contributed by atoms with van der Waals surface area (Å²) in [7, 11) is 0. The number of carbonyl (C=O) groups excluding carboxylic acids is 2. The van der Waals surface area contributed by atoms with Gasteiger partial charge in [-0.3, -0.25) is 14.4 Å². The minimum absolute atomic E-state index is 0.0238. The lowest BCUT2D eigenvalue weighted by Gasteiger charge is -2.32. The minimum Gasteiger partial charge on any atom is -0.494 e. The molecule has 1 aliphatic rings. The average molecular weight is 361 g/mol. The molecule has 142 valence electrons. The molecule has 1 heterocycles. The van der Waals surface area contributed by atoms with Gasteiger partial charge in [-0.15, -0.1) is 0 Å². The first-order chi connectivity index (χ1) is 12.5. The number of carboxylic acids is 1. The average Bonchev–Trinajstić information content (AvgIpc) is 2.65. The van der Waals surface area contributed by atoms with Crippen molar-refractivity contribution in [1.29, 1.82) is 0 Å². The summed E-state index contributed by atoms with van der Waals surface area (Å²) >= 11 is 0. The van der Waals surface area contributed by atoms with Crippen LogP contribution in [0.4, 0.5) is 0 Å². The van der Waals surface area contributed by atoms with Gasteiger partial charge in [0.25, 0.3) is 0 Å². The van der Waals surface area contributed by atoms with Crippen LogP contribution in [0.3, 0.4) is 0 Å². The lowest BCUT2D eigenvalue weighted by atomic mass is 9.93. The van der Waals surface area contributed by atoms with Crippen molar-refractivity contribution in [2.75, 3.05) is 19.7 Å². The predicted octanol–water partition coefficient (Wildman–Crippen LogP) is 3.15. The first-order valence-electron chi connectivity index (χ1n) is 9.25. The Morgan fingerprint density at radius 3 is 2.54 bits per heavy atom. The van der Waals surface area contributed by atoms with Crippen molar-refractivity contribution in [3.05, 3.63) is 29.8 Å². The minimum atomic E-state index is -0.797. The van der Waals surface area contributed by atoms with Crippen molar-refractivity contribution >= 4 is 17.7 Å². The summed E-state index contributed by atoms with van der Waals surface area (Å²) in [6, 6.07) is 6.97. The second-order valence-electron chi connectivity index (χ2n) is 6.66. The zero-order valence-corrected chi connectivity index (χ0v) is 15.3. The van der Waals surface area contributed by atoms with Crippen molar-refractivity contribution in [2.45, 2.75) is 45.4 Å². The van der Waals surface area contributed by atoms with E-state index in [1.54, 1.807) is 29.2 Å². The fraction of sp³-hybridized carbons (Fsp3) is 0.550. The Kier molecular flexibility index (Phi) is 7.63. The molecular formula is C20H27NO5. The molecule has 2 rings (SSSR count). The Morgan fingerprint density at radius 1 is 1.15 bits per heavy atom. The Labute approximate surface area is 154 Å². The van der Waals surface area contributed by atoms with Crippen LogP contribution in [0.5, 0.6) is 5.75 Å². The Bertz CT molecular complexity index is 626. The fourth-order valence-electron chi connectivity index (χ4n) is 3.28. The number of rotatable bonds is 9. The third-order valence-corrected chi connectivity index (χ3v) is 4.69. The first kappa shape index (κ1) is 19.9. The van der Waals surface area contributed by atoms with Gasteiger partial charge in [0.05, 0.1) is 6.61 Å². The van der Waals surface area contributed by atoms with Gasteiger partial charge >= 0.3 is 5.97 Å². The Balaban J connectivity index is 1.79. The molecule has 1 N–H and O–H groups in total. The van der Waals surface area contributed by atoms with Crippen LogP contribution in [0.15, 0.2) is 24.3 Å². The summed E-state index contributed by atoms with van der Waals surface area (Å²) < 4.78 is 5.35. The SMILES string of the molecule is CCOc1ccc(C(=O)CCC(=O)N2CCCC(CCC(=O)O)C2)cc1. The van der Waals surface area contributed by atoms with Gasteiger partial charge in [-0.25, -0.2) is 0 Å². The van der Waals surface area contributed by atoms with Crippen molar-refractivity contribution < 1.29 is 24.2 Å². The van der Waals surface area contributed by atoms with Gasteiger partial charge in [0.15, 0.2) is 5.78 Å². The van der Waals surface area contributed by atoms with Crippen LogP contribution in [0.25, 0.3) is 0 Å². The van der Waals surface area contributed by atoms with E-state index in [1.165, 1.54) is 0 Å². The smallest absolute Gasteiger partial charge is 0.303 e. The molecule has 1 fully saturated rings. The normalized spacial score (nSPS) is 17.0. The van der Waals surface area contributed by atoms with Crippen molar-refractivity contribution in [1.82, 2.24) is 4.90 Å². The summed E-state index contributed by atoms with van der Waals surface area (Å²) in [6.45, 7) is 3.77. The van der Waals surface area contributed by atoms with Gasteiger partial charge in [-0.1, -0.05) is 0 Å². The Hall–Kier alpha value is -2.37. The molecule has 1 aromatic carbocycles. The molecule has 1 aromatic rings. The summed E-state index contributed by atoms with van der Waals surface area (Å²) in [4.78, 5) is 37.1. The maximum absolute atomic E-state index is 12.4.